The van der Waals surface area contributed by atoms with E-state index in [9.17, 15) is 0 Å². The van der Waals surface area contributed by atoms with Gasteiger partial charge in [-0.05, 0) is 102 Å². The molecule has 52 heavy (non-hydrogen) atoms. The Morgan fingerprint density at radius 2 is 1.58 bits per heavy atom. The smallest absolute Gasteiger partial charge is 0.137 e. The van der Waals surface area contributed by atoms with Crippen molar-refractivity contribution >= 4 is 89.6 Å². The first kappa shape index (κ1) is 29.6. The fourth-order valence-electron chi connectivity index (χ4n) is 8.81. The summed E-state index contributed by atoms with van der Waals surface area (Å²) in [5, 5.41) is 7.37. The highest BCUT2D eigenvalue weighted by atomic mass is 32.1. The zero-order chi connectivity index (χ0) is 34.3. The Morgan fingerprint density at radius 1 is 0.788 bits per heavy atom. The molecule has 0 amide bonds. The Morgan fingerprint density at radius 3 is 2.48 bits per heavy atom. The molecule has 0 bridgehead atoms. The van der Waals surface area contributed by atoms with Crippen LogP contribution in [0.5, 0.6) is 0 Å². The van der Waals surface area contributed by atoms with Gasteiger partial charge in [0.25, 0.3) is 0 Å². The summed E-state index contributed by atoms with van der Waals surface area (Å²) >= 11 is 1.90. The Hall–Kier alpha value is -6.10. The summed E-state index contributed by atoms with van der Waals surface area (Å²) in [7, 11) is 0. The van der Waals surface area contributed by atoms with Crippen molar-refractivity contribution in [3.63, 3.8) is 0 Å². The zero-order valence-corrected chi connectivity index (χ0v) is 29.3. The van der Waals surface area contributed by atoms with Crippen molar-refractivity contribution < 1.29 is 4.42 Å². The number of hydrogen-bond donors (Lipinski definition) is 0. The molecule has 11 rings (SSSR count). The molecular weight excluding hydrogens is 653 g/mol. The third-order valence-electron chi connectivity index (χ3n) is 11.2. The van der Waals surface area contributed by atoms with Crippen molar-refractivity contribution in [2.24, 2.45) is 0 Å². The molecule has 2 atom stereocenters. The minimum Gasteiger partial charge on any atom is -0.456 e. The maximum absolute atomic E-state index is 6.41. The van der Waals surface area contributed by atoms with E-state index in [4.69, 9.17) is 4.42 Å². The number of thiophene rings is 1. The molecule has 2 unspecified atom stereocenters. The summed E-state index contributed by atoms with van der Waals surface area (Å²) in [6, 6.07) is 40.2. The molecule has 2 aliphatic carbocycles. The molecule has 0 saturated carbocycles. The lowest BCUT2D eigenvalue weighted by molar-refractivity contribution is 0.618. The predicted molar refractivity (Wildman–Crippen MR) is 220 cm³/mol. The Balaban J connectivity index is 1.05. The van der Waals surface area contributed by atoms with Crippen LogP contribution >= 0.6 is 11.3 Å². The number of furan rings is 1. The molecule has 0 saturated heterocycles. The van der Waals surface area contributed by atoms with E-state index in [-0.39, 0.29) is 0 Å². The second-order valence-electron chi connectivity index (χ2n) is 14.1. The molecule has 3 aliphatic rings. The first-order chi connectivity index (χ1) is 25.7. The molecule has 0 radical (unpaired) electrons. The van der Waals surface area contributed by atoms with Crippen LogP contribution < -0.4 is 15.5 Å². The van der Waals surface area contributed by atoms with E-state index in [1.165, 1.54) is 53.1 Å². The molecular formula is C48H34N2OS. The molecule has 3 aromatic heterocycles. The van der Waals surface area contributed by atoms with Gasteiger partial charge in [-0.3, -0.25) is 0 Å². The van der Waals surface area contributed by atoms with Crippen LogP contribution in [-0.2, 0) is 6.42 Å². The number of aromatic nitrogens is 1. The molecule has 5 aromatic carbocycles. The highest BCUT2D eigenvalue weighted by molar-refractivity contribution is 7.20. The van der Waals surface area contributed by atoms with Crippen LogP contribution in [-0.4, -0.2) is 4.57 Å². The molecule has 3 nitrogen and oxygen atoms in total. The van der Waals surface area contributed by atoms with E-state index in [1.807, 2.05) is 29.5 Å². The quantitative estimate of drug-likeness (QED) is 0.180. The Kier molecular flexibility index (Phi) is 6.53. The monoisotopic (exact) mass is 686 g/mol. The van der Waals surface area contributed by atoms with Crippen molar-refractivity contribution in [3.8, 4) is 0 Å². The third-order valence-corrected chi connectivity index (χ3v) is 12.4. The summed E-state index contributed by atoms with van der Waals surface area (Å²) < 4.78 is 10.3. The van der Waals surface area contributed by atoms with Gasteiger partial charge in [-0.1, -0.05) is 91.6 Å². The topological polar surface area (TPSA) is 21.3 Å². The lowest BCUT2D eigenvalue weighted by Crippen LogP contribution is -2.26. The van der Waals surface area contributed by atoms with Gasteiger partial charge in [0, 0.05) is 65.5 Å². The lowest BCUT2D eigenvalue weighted by atomic mass is 9.87. The molecule has 0 fully saturated rings. The van der Waals surface area contributed by atoms with E-state index in [2.05, 4.69) is 156 Å². The first-order valence-corrected chi connectivity index (χ1v) is 18.9. The van der Waals surface area contributed by atoms with Gasteiger partial charge in [-0.15, -0.1) is 11.3 Å². The maximum Gasteiger partial charge on any atom is 0.137 e. The maximum atomic E-state index is 6.41. The van der Waals surface area contributed by atoms with E-state index >= 15 is 0 Å². The average Bonchev–Trinajstić information content (AvgIpc) is 3.94. The SMILES string of the molecule is C=C/C=c1\c2n(c3ccc(N(c4ccc(C5C=Cc6sc7ccccc7c6C5)cc4)c4ccc5c(c4)oc4ccccc45)cc13)C1CC=CC=C1C=2. The number of allylic oxidation sites excluding steroid dienone is 6. The van der Waals surface area contributed by atoms with Gasteiger partial charge in [-0.25, -0.2) is 0 Å². The van der Waals surface area contributed by atoms with E-state index < -0.39 is 0 Å². The van der Waals surface area contributed by atoms with Crippen molar-refractivity contribution in [3.05, 3.63) is 178 Å². The minimum absolute atomic E-state index is 0.330. The van der Waals surface area contributed by atoms with Crippen LogP contribution in [0.15, 0.2) is 156 Å². The molecule has 4 heteroatoms. The second kappa shape index (κ2) is 11.5. The highest BCUT2D eigenvalue weighted by Gasteiger charge is 2.26. The van der Waals surface area contributed by atoms with Gasteiger partial charge in [0.15, 0.2) is 0 Å². The lowest BCUT2D eigenvalue weighted by Gasteiger charge is -2.27. The molecule has 8 aromatic rings. The summed E-state index contributed by atoms with van der Waals surface area (Å²) in [4.78, 5) is 3.77. The van der Waals surface area contributed by atoms with Crippen LogP contribution in [0.2, 0.25) is 0 Å². The largest absolute Gasteiger partial charge is 0.456 e. The minimum atomic E-state index is 0.330. The second-order valence-corrected chi connectivity index (χ2v) is 15.2. The Bertz CT molecular complexity index is 3000. The van der Waals surface area contributed by atoms with Gasteiger partial charge >= 0.3 is 0 Å². The molecule has 248 valence electrons. The predicted octanol–water partition coefficient (Wildman–Crippen LogP) is 11.8. The molecule has 1 aliphatic heterocycles. The van der Waals surface area contributed by atoms with Crippen LogP contribution in [0, 0.1) is 0 Å². The van der Waals surface area contributed by atoms with E-state index in [1.54, 1.807) is 0 Å². The average molecular weight is 687 g/mol. The van der Waals surface area contributed by atoms with Crippen molar-refractivity contribution in [2.75, 3.05) is 4.90 Å². The van der Waals surface area contributed by atoms with Gasteiger partial charge in [0.05, 0.1) is 11.4 Å². The summed E-state index contributed by atoms with van der Waals surface area (Å²) in [5.74, 6) is 0.335. The zero-order valence-electron chi connectivity index (χ0n) is 28.5. The normalized spacial score (nSPS) is 17.8. The standard InChI is InChI=1S/C48H34N2OS/c1-2-9-36-40-28-34(22-24-43(40)50-42-13-6-3-10-32(42)27-44(36)50)49(35-21-23-38-37-11-4-7-14-45(37)51-46(38)29-35)33-19-16-30(17-20-33)31-18-25-48-41(26-31)39-12-5-8-15-47(39)52-48/h2-12,14-25,27-29,31,42H,1,13,26H2/b36-9-. The number of benzene rings is 5. The van der Waals surface area contributed by atoms with E-state index in [0.717, 1.165) is 51.8 Å². The third kappa shape index (κ3) is 4.44. The molecule has 0 spiro atoms. The van der Waals surface area contributed by atoms with Crippen LogP contribution in [0.4, 0.5) is 17.1 Å². The van der Waals surface area contributed by atoms with Gasteiger partial charge in [-0.2, -0.15) is 0 Å². The highest BCUT2D eigenvalue weighted by Crippen LogP contribution is 2.43. The van der Waals surface area contributed by atoms with Gasteiger partial charge in [0.2, 0.25) is 0 Å². The first-order valence-electron chi connectivity index (χ1n) is 18.1. The van der Waals surface area contributed by atoms with Crippen LogP contribution in [0.25, 0.3) is 61.2 Å². The number of fused-ring (bicyclic) bond motifs is 11. The number of hydrogen-bond acceptors (Lipinski definition) is 3. The summed E-state index contributed by atoms with van der Waals surface area (Å²) in [6.45, 7) is 4.10. The van der Waals surface area contributed by atoms with Crippen molar-refractivity contribution in [1.29, 1.82) is 0 Å². The van der Waals surface area contributed by atoms with Crippen molar-refractivity contribution in [2.45, 2.75) is 24.8 Å². The number of anilines is 3. The Labute approximate surface area is 305 Å². The van der Waals surface area contributed by atoms with Gasteiger partial charge < -0.3 is 13.9 Å². The number of para-hydroxylation sites is 1. The number of nitrogens with zero attached hydrogens (tertiary/aromatic N) is 2. The van der Waals surface area contributed by atoms with Crippen molar-refractivity contribution in [1.82, 2.24) is 4.57 Å². The van der Waals surface area contributed by atoms with Crippen LogP contribution in [0.3, 0.4) is 0 Å². The molecule has 0 N–H and O–H groups in total. The molecule has 4 heterocycles. The van der Waals surface area contributed by atoms with Gasteiger partial charge in [0.1, 0.15) is 11.2 Å². The fraction of sp³-hybridized carbons (Fsp3) is 0.0833. The fourth-order valence-corrected chi connectivity index (χ4v) is 9.96. The number of rotatable bonds is 5. The summed E-state index contributed by atoms with van der Waals surface area (Å²) in [5.41, 5.74) is 10.5. The summed E-state index contributed by atoms with van der Waals surface area (Å²) in [6.07, 6.45) is 19.9. The van der Waals surface area contributed by atoms with E-state index in [0.29, 0.717) is 12.0 Å². The van der Waals surface area contributed by atoms with Crippen LogP contribution in [0.1, 0.15) is 34.4 Å².